The van der Waals surface area contributed by atoms with Crippen molar-refractivity contribution in [1.29, 1.82) is 0 Å². The Morgan fingerprint density at radius 2 is 1.90 bits per heavy atom. The van der Waals surface area contributed by atoms with E-state index in [-0.39, 0.29) is 5.69 Å². The van der Waals surface area contributed by atoms with Crippen LogP contribution in [0.15, 0.2) is 18.2 Å². The minimum atomic E-state index is -0.979. The van der Waals surface area contributed by atoms with Crippen LogP contribution in [-0.2, 0) is 9.59 Å². The highest BCUT2D eigenvalue weighted by Gasteiger charge is 2.15. The van der Waals surface area contributed by atoms with Crippen LogP contribution < -0.4 is 15.5 Å². The van der Waals surface area contributed by atoms with Crippen molar-refractivity contribution in [3.8, 4) is 0 Å². The maximum Gasteiger partial charge on any atom is 0.313 e. The number of hydrogen-bond acceptors (Lipinski definition) is 2. The third-order valence-electron chi connectivity index (χ3n) is 2.52. The van der Waals surface area contributed by atoms with E-state index in [1.165, 1.54) is 4.90 Å². The number of amides is 2. The molecule has 20 heavy (non-hydrogen) atoms. The Bertz CT molecular complexity index is 493. The molecule has 0 bridgehead atoms. The topological polar surface area (TPSA) is 62.6 Å². The minimum absolute atomic E-state index is 0.232. The number of rotatable bonds is 5. The van der Waals surface area contributed by atoms with Gasteiger partial charge in [-0.15, -0.1) is 0 Å². The van der Waals surface area contributed by atoms with Gasteiger partial charge in [0.1, 0.15) is 11.6 Å². The Labute approximate surface area is 115 Å². The van der Waals surface area contributed by atoms with Crippen LogP contribution in [-0.4, -0.2) is 39.0 Å². The van der Waals surface area contributed by atoms with E-state index in [2.05, 4.69) is 10.6 Å². The van der Waals surface area contributed by atoms with Gasteiger partial charge in [-0.3, -0.25) is 9.59 Å². The van der Waals surface area contributed by atoms with Gasteiger partial charge in [-0.05, 0) is 12.1 Å². The van der Waals surface area contributed by atoms with Crippen LogP contribution in [0.4, 0.5) is 14.5 Å². The van der Waals surface area contributed by atoms with Crippen molar-refractivity contribution in [2.45, 2.75) is 6.42 Å². The number of anilines is 1. The van der Waals surface area contributed by atoms with Crippen LogP contribution in [0.3, 0.4) is 0 Å². The van der Waals surface area contributed by atoms with Crippen LogP contribution in [0.1, 0.15) is 6.42 Å². The molecule has 0 aliphatic heterocycles. The van der Waals surface area contributed by atoms with Crippen molar-refractivity contribution in [1.82, 2.24) is 5.32 Å². The molecule has 1 aromatic carbocycles. The zero-order valence-corrected chi connectivity index (χ0v) is 11.4. The lowest BCUT2D eigenvalue weighted by Crippen LogP contribution is -3.05. The molecule has 0 radical (unpaired) electrons. The van der Waals surface area contributed by atoms with Crippen LogP contribution >= 0.6 is 0 Å². The molecule has 1 aromatic rings. The molecule has 1 rings (SSSR count). The summed E-state index contributed by atoms with van der Waals surface area (Å²) in [5.41, 5.74) is -0.232. The van der Waals surface area contributed by atoms with Crippen LogP contribution in [0.25, 0.3) is 0 Å². The molecule has 0 aliphatic carbocycles. The molecule has 0 atom stereocenters. The first kappa shape index (κ1) is 16.0. The summed E-state index contributed by atoms with van der Waals surface area (Å²) >= 11 is 0. The molecule has 110 valence electrons. The molecule has 3 N–H and O–H groups in total. The summed E-state index contributed by atoms with van der Waals surface area (Å²) in [5.74, 6) is -3.51. The maximum absolute atomic E-state index is 13.3. The Kier molecular flexibility index (Phi) is 6.05. The summed E-state index contributed by atoms with van der Waals surface area (Å²) in [6.07, 6.45) is 0.728. The van der Waals surface area contributed by atoms with Gasteiger partial charge >= 0.3 is 11.8 Å². The highest BCUT2D eigenvalue weighted by Crippen LogP contribution is 2.14. The van der Waals surface area contributed by atoms with E-state index in [0.29, 0.717) is 12.6 Å². The fourth-order valence-corrected chi connectivity index (χ4v) is 1.49. The van der Waals surface area contributed by atoms with Gasteiger partial charge in [0, 0.05) is 19.0 Å². The standard InChI is InChI=1S/C13H17F2N3O2/c1-18(2)7-3-6-16-12(19)13(20)17-11-5-4-9(14)8-10(11)15/h4-5,8H,3,6-7H2,1-2H3,(H,16,19)(H,17,20)/p+1. The van der Waals surface area contributed by atoms with Crippen molar-refractivity contribution in [2.75, 3.05) is 32.5 Å². The van der Waals surface area contributed by atoms with Gasteiger partial charge in [-0.25, -0.2) is 8.78 Å². The highest BCUT2D eigenvalue weighted by molar-refractivity contribution is 6.39. The highest BCUT2D eigenvalue weighted by atomic mass is 19.1. The predicted molar refractivity (Wildman–Crippen MR) is 70.3 cm³/mol. The zero-order chi connectivity index (χ0) is 15.1. The number of hydrogen-bond donors (Lipinski definition) is 3. The first-order valence-electron chi connectivity index (χ1n) is 6.23. The number of halogens is 2. The summed E-state index contributed by atoms with van der Waals surface area (Å²) in [4.78, 5) is 24.2. The molecule has 0 spiro atoms. The monoisotopic (exact) mass is 286 g/mol. The first-order valence-corrected chi connectivity index (χ1v) is 6.23. The summed E-state index contributed by atoms with van der Waals surface area (Å²) in [6, 6.07) is 2.69. The van der Waals surface area contributed by atoms with E-state index >= 15 is 0 Å². The van der Waals surface area contributed by atoms with Crippen molar-refractivity contribution in [2.24, 2.45) is 0 Å². The van der Waals surface area contributed by atoms with Crippen molar-refractivity contribution >= 4 is 17.5 Å². The number of carbonyl (C=O) groups is 2. The number of nitrogens with one attached hydrogen (secondary N) is 3. The van der Waals surface area contributed by atoms with Gasteiger partial charge in [0.05, 0.1) is 26.3 Å². The molecule has 0 aliphatic rings. The van der Waals surface area contributed by atoms with Gasteiger partial charge < -0.3 is 15.5 Å². The average Bonchev–Trinajstić information content (AvgIpc) is 2.37. The zero-order valence-electron chi connectivity index (χ0n) is 11.4. The molecular formula is C13H18F2N3O2+. The lowest BCUT2D eigenvalue weighted by atomic mass is 10.3. The molecule has 5 nitrogen and oxygen atoms in total. The van der Waals surface area contributed by atoms with Gasteiger partial charge in [-0.2, -0.15) is 0 Å². The molecule has 0 fully saturated rings. The van der Waals surface area contributed by atoms with Crippen molar-refractivity contribution in [3.05, 3.63) is 29.8 Å². The third kappa shape index (κ3) is 5.31. The number of quaternary nitrogens is 1. The fourth-order valence-electron chi connectivity index (χ4n) is 1.49. The largest absolute Gasteiger partial charge is 0.348 e. The van der Waals surface area contributed by atoms with Gasteiger partial charge in [0.2, 0.25) is 0 Å². The van der Waals surface area contributed by atoms with E-state index in [1.807, 2.05) is 14.1 Å². The Hall–Kier alpha value is -2.02. The predicted octanol–water partition coefficient (Wildman–Crippen LogP) is -0.446. The second-order valence-electron chi connectivity index (χ2n) is 4.64. The normalized spacial score (nSPS) is 10.4. The second kappa shape index (κ2) is 7.54. The maximum atomic E-state index is 13.3. The quantitative estimate of drug-likeness (QED) is 0.507. The molecule has 0 heterocycles. The van der Waals surface area contributed by atoms with E-state index in [4.69, 9.17) is 0 Å². The average molecular weight is 286 g/mol. The summed E-state index contributed by atoms with van der Waals surface area (Å²) in [5, 5.41) is 4.52. The SMILES string of the molecule is C[NH+](C)CCCNC(=O)C(=O)Nc1ccc(F)cc1F. The molecule has 0 saturated carbocycles. The van der Waals surface area contributed by atoms with Gasteiger partial charge in [-0.1, -0.05) is 0 Å². The summed E-state index contributed by atoms with van der Waals surface area (Å²) < 4.78 is 26.0. The molecule has 2 amide bonds. The summed E-state index contributed by atoms with van der Waals surface area (Å²) in [7, 11) is 3.96. The molecular weight excluding hydrogens is 268 g/mol. The lowest BCUT2D eigenvalue weighted by Gasteiger charge is -2.09. The van der Waals surface area contributed by atoms with Gasteiger partial charge in [0.15, 0.2) is 0 Å². The van der Waals surface area contributed by atoms with Crippen molar-refractivity contribution < 1.29 is 23.3 Å². The van der Waals surface area contributed by atoms with E-state index in [1.54, 1.807) is 0 Å². The third-order valence-corrected chi connectivity index (χ3v) is 2.52. The van der Waals surface area contributed by atoms with E-state index in [0.717, 1.165) is 25.1 Å². The molecule has 0 aromatic heterocycles. The van der Waals surface area contributed by atoms with Crippen LogP contribution in [0, 0.1) is 11.6 Å². The van der Waals surface area contributed by atoms with E-state index < -0.39 is 23.4 Å². The Morgan fingerprint density at radius 1 is 1.20 bits per heavy atom. The number of benzene rings is 1. The lowest BCUT2D eigenvalue weighted by molar-refractivity contribution is -0.858. The minimum Gasteiger partial charge on any atom is -0.348 e. The Balaban J connectivity index is 2.43. The number of carbonyl (C=O) groups excluding carboxylic acids is 2. The van der Waals surface area contributed by atoms with Gasteiger partial charge in [0.25, 0.3) is 0 Å². The fraction of sp³-hybridized carbons (Fsp3) is 0.385. The van der Waals surface area contributed by atoms with Crippen LogP contribution in [0.5, 0.6) is 0 Å². The second-order valence-corrected chi connectivity index (χ2v) is 4.64. The van der Waals surface area contributed by atoms with E-state index in [9.17, 15) is 18.4 Å². The molecule has 0 saturated heterocycles. The molecule has 0 unspecified atom stereocenters. The summed E-state index contributed by atoms with van der Waals surface area (Å²) in [6.45, 7) is 1.22. The Morgan fingerprint density at radius 3 is 2.50 bits per heavy atom. The van der Waals surface area contributed by atoms with Crippen molar-refractivity contribution in [3.63, 3.8) is 0 Å². The first-order chi connectivity index (χ1) is 9.40. The molecule has 7 heteroatoms. The smallest absolute Gasteiger partial charge is 0.313 e. The van der Waals surface area contributed by atoms with Crippen LogP contribution in [0.2, 0.25) is 0 Å².